The van der Waals surface area contributed by atoms with Crippen LogP contribution in [0.5, 0.6) is 0 Å². The van der Waals surface area contributed by atoms with Gasteiger partial charge < -0.3 is 9.33 Å². The molecule has 1 rings (SSSR count). The molecule has 0 radical (unpaired) electrons. The molecule has 1 saturated heterocycles. The number of aldehydes is 1. The molecule has 1 heterocycles. The van der Waals surface area contributed by atoms with Gasteiger partial charge in [0.1, 0.15) is 6.04 Å². The molecule has 0 aliphatic carbocycles. The van der Waals surface area contributed by atoms with Crippen molar-refractivity contribution in [2.75, 3.05) is 20.3 Å². The van der Waals surface area contributed by atoms with E-state index in [2.05, 4.69) is 49.8 Å². The van der Waals surface area contributed by atoms with Crippen LogP contribution in [0.2, 0.25) is 18.1 Å². The van der Waals surface area contributed by atoms with Gasteiger partial charge in [-0.15, -0.1) is 0 Å². The van der Waals surface area contributed by atoms with Crippen molar-refractivity contribution in [1.82, 2.24) is 9.80 Å². The number of nitrogens with zero attached hydrogens (tertiary/aromatic N) is 2. The number of hydrogen-bond acceptors (Lipinski definition) is 5. The first kappa shape index (κ1) is 20.5. The topological polar surface area (TPSA) is 49.9 Å². The van der Waals surface area contributed by atoms with Crippen molar-refractivity contribution in [2.24, 2.45) is 0 Å². The Morgan fingerprint density at radius 2 is 2.04 bits per heavy atom. The molecule has 2 atom stereocenters. The Labute approximate surface area is 149 Å². The van der Waals surface area contributed by atoms with Gasteiger partial charge in [0.05, 0.1) is 12.8 Å². The van der Waals surface area contributed by atoms with E-state index >= 15 is 0 Å². The highest BCUT2D eigenvalue weighted by Crippen LogP contribution is 2.37. The quantitative estimate of drug-likeness (QED) is 0.386. The minimum Gasteiger partial charge on any atom is -0.413 e. The predicted octanol–water partition coefficient (Wildman–Crippen LogP) is 2.97. The average Bonchev–Trinajstić information content (AvgIpc) is 2.71. The maximum absolute atomic E-state index is 12.0. The fraction of sp³-hybridized carbons (Fsp3) is 0.750. The zero-order chi connectivity index (χ0) is 18.0. The highest BCUT2D eigenvalue weighted by Gasteiger charge is 2.41. The van der Waals surface area contributed by atoms with Crippen LogP contribution in [0, 0.1) is 0 Å². The number of ketones is 1. The Bertz CT molecular complexity index is 488. The van der Waals surface area contributed by atoms with Crippen molar-refractivity contribution in [3.63, 3.8) is 0 Å². The van der Waals surface area contributed by atoms with Crippen molar-refractivity contribution in [3.05, 3.63) is 10.7 Å². The van der Waals surface area contributed by atoms with Crippen molar-refractivity contribution < 1.29 is 14.0 Å². The summed E-state index contributed by atoms with van der Waals surface area (Å²) in [6, 6.07) is -0.526. The van der Waals surface area contributed by atoms with Gasteiger partial charge in [-0.25, -0.2) is 0 Å². The Morgan fingerprint density at radius 3 is 2.48 bits per heavy atom. The highest BCUT2D eigenvalue weighted by molar-refractivity contribution is 9.11. The summed E-state index contributed by atoms with van der Waals surface area (Å²) in [6.07, 6.45) is 0.410. The molecule has 132 valence electrons. The number of hydrogen-bond donors (Lipinski definition) is 0. The Balaban J connectivity index is 2.86. The third kappa shape index (κ3) is 4.75. The number of carbonyl (C=O) groups is 2. The van der Waals surface area contributed by atoms with Crippen molar-refractivity contribution in [3.8, 4) is 0 Å². The highest BCUT2D eigenvalue weighted by atomic mass is 79.9. The molecule has 23 heavy (non-hydrogen) atoms. The van der Waals surface area contributed by atoms with Crippen LogP contribution in [0.15, 0.2) is 10.7 Å². The van der Waals surface area contributed by atoms with Gasteiger partial charge in [0.15, 0.2) is 14.6 Å². The molecule has 0 aromatic carbocycles. The molecule has 0 spiro atoms. The van der Waals surface area contributed by atoms with E-state index in [1.165, 1.54) is 0 Å². The lowest BCUT2D eigenvalue weighted by Gasteiger charge is -2.39. The number of rotatable bonds is 6. The van der Waals surface area contributed by atoms with Crippen LogP contribution in [0.25, 0.3) is 0 Å². The maximum atomic E-state index is 12.0. The van der Waals surface area contributed by atoms with Crippen molar-refractivity contribution in [1.29, 1.82) is 0 Å². The van der Waals surface area contributed by atoms with Crippen LogP contribution in [0.1, 0.15) is 27.7 Å². The third-order valence-electron chi connectivity index (χ3n) is 4.77. The predicted molar refractivity (Wildman–Crippen MR) is 98.9 cm³/mol. The summed E-state index contributed by atoms with van der Waals surface area (Å²) < 4.78 is 6.38. The minimum atomic E-state index is -1.86. The van der Waals surface area contributed by atoms with Crippen molar-refractivity contribution in [2.45, 2.75) is 58.0 Å². The monoisotopic (exact) mass is 404 g/mol. The van der Waals surface area contributed by atoms with E-state index in [1.54, 1.807) is 4.99 Å². The minimum absolute atomic E-state index is 0.000851. The van der Waals surface area contributed by atoms with Crippen LogP contribution >= 0.6 is 15.9 Å². The zero-order valence-electron chi connectivity index (χ0n) is 15.2. The molecule has 7 heteroatoms. The second-order valence-corrected chi connectivity index (χ2v) is 13.0. The molecule has 0 amide bonds. The first-order valence-electron chi connectivity index (χ1n) is 7.87. The number of halogens is 1. The average molecular weight is 405 g/mol. The first-order valence-corrected chi connectivity index (χ1v) is 11.7. The Hall–Kier alpha value is -0.503. The summed E-state index contributed by atoms with van der Waals surface area (Å²) in [4.78, 5) is 28.7. The summed E-state index contributed by atoms with van der Waals surface area (Å²) in [5.74, 6) is -0.417. The van der Waals surface area contributed by atoms with E-state index in [-0.39, 0.29) is 11.1 Å². The normalized spacial score (nSPS) is 23.4. The molecular formula is C16H29BrN2O3Si. The molecule has 2 unspecified atom stereocenters. The number of likely N-dealkylation sites (N-methyl/N-ethyl adjacent to an activating group) is 1. The van der Waals surface area contributed by atoms with Gasteiger partial charge in [0.25, 0.3) is 0 Å². The smallest absolute Gasteiger partial charge is 0.218 e. The van der Waals surface area contributed by atoms with Crippen LogP contribution < -0.4 is 0 Å². The Morgan fingerprint density at radius 1 is 1.48 bits per heavy atom. The maximum Gasteiger partial charge on any atom is 0.218 e. The fourth-order valence-corrected chi connectivity index (χ4v) is 4.61. The number of carbonyl (C=O) groups excluding carboxylic acids is 2. The largest absolute Gasteiger partial charge is 0.413 e. The van der Waals surface area contributed by atoms with E-state index in [0.717, 1.165) is 5.70 Å². The van der Waals surface area contributed by atoms with Crippen LogP contribution in [-0.2, 0) is 14.0 Å². The van der Waals surface area contributed by atoms with Gasteiger partial charge in [-0.05, 0) is 25.1 Å². The lowest BCUT2D eigenvalue weighted by atomic mass is 10.1. The van der Waals surface area contributed by atoms with Gasteiger partial charge in [-0.1, -0.05) is 36.7 Å². The van der Waals surface area contributed by atoms with Gasteiger partial charge in [0, 0.05) is 24.3 Å². The summed E-state index contributed by atoms with van der Waals surface area (Å²) >= 11 is 3.30. The molecule has 1 aliphatic rings. The van der Waals surface area contributed by atoms with E-state index < -0.39 is 20.1 Å². The first-order chi connectivity index (χ1) is 10.4. The summed E-state index contributed by atoms with van der Waals surface area (Å²) in [5, 5.41) is 0.141. The van der Waals surface area contributed by atoms with Gasteiger partial charge in [-0.2, -0.15) is 0 Å². The fourth-order valence-electron chi connectivity index (χ4n) is 2.58. The molecule has 0 aromatic heterocycles. The molecule has 0 bridgehead atoms. The van der Waals surface area contributed by atoms with Gasteiger partial charge >= 0.3 is 0 Å². The molecule has 1 fully saturated rings. The van der Waals surface area contributed by atoms with Gasteiger partial charge in [-0.3, -0.25) is 14.5 Å². The van der Waals surface area contributed by atoms with E-state index in [1.807, 2.05) is 23.8 Å². The van der Waals surface area contributed by atoms with E-state index in [0.29, 0.717) is 19.5 Å². The van der Waals surface area contributed by atoms with Crippen LogP contribution in [-0.4, -0.2) is 62.6 Å². The van der Waals surface area contributed by atoms with Gasteiger partial charge in [0.2, 0.25) is 5.78 Å². The SMILES string of the molecule is CC(CN1CN(C)/C(=C\Br)C1C(=O)C=O)O[Si](C)(C)C(C)(C)C. The Kier molecular flexibility index (Phi) is 6.78. The third-order valence-corrected chi connectivity index (χ3v) is 9.84. The van der Waals surface area contributed by atoms with Crippen molar-refractivity contribution >= 4 is 36.3 Å². The van der Waals surface area contributed by atoms with Crippen LogP contribution in [0.4, 0.5) is 0 Å². The summed E-state index contributed by atoms with van der Waals surface area (Å²) in [7, 11) is 0.0559. The molecular weight excluding hydrogens is 376 g/mol. The van der Waals surface area contributed by atoms with E-state index in [4.69, 9.17) is 4.43 Å². The lowest BCUT2D eigenvalue weighted by molar-refractivity contribution is -0.132. The molecule has 0 aromatic rings. The zero-order valence-corrected chi connectivity index (χ0v) is 17.8. The number of Topliss-reactive ketones (excluding diaryl/α,β-unsaturated/α-hetero) is 1. The van der Waals surface area contributed by atoms with Crippen LogP contribution in [0.3, 0.4) is 0 Å². The summed E-state index contributed by atoms with van der Waals surface area (Å²) in [6.45, 7) is 14.3. The van der Waals surface area contributed by atoms with E-state index in [9.17, 15) is 9.59 Å². The molecule has 0 saturated carbocycles. The molecule has 1 aliphatic heterocycles. The standard InChI is InChI=1S/C16H29BrN2O3Si/c1-12(22-23(6,7)16(2,3)4)9-19-11-18(5)13(8-17)15(19)14(21)10-20/h8,10,12,15H,9,11H2,1-7H3/b13-8-. The second kappa shape index (κ2) is 7.59. The lowest BCUT2D eigenvalue weighted by Crippen LogP contribution is -2.48. The second-order valence-electron chi connectivity index (χ2n) is 7.76. The molecule has 5 nitrogen and oxygen atoms in total. The molecule has 0 N–H and O–H groups in total. The summed E-state index contributed by atoms with van der Waals surface area (Å²) in [5.41, 5.74) is 0.807.